The Morgan fingerprint density at radius 1 is 1.18 bits per heavy atom. The largest absolute Gasteiger partial charge is 0.479 e. The number of Topliss-reactive ketones (excluding diaryl/α,β-unsaturated/α-hetero) is 1. The van der Waals surface area contributed by atoms with E-state index in [9.17, 15) is 19.5 Å². The van der Waals surface area contributed by atoms with Crippen molar-refractivity contribution in [2.45, 2.75) is 32.6 Å². The normalized spacial score (nSPS) is 13.3. The summed E-state index contributed by atoms with van der Waals surface area (Å²) in [6, 6.07) is 7.80. The number of rotatable bonds is 7. The second kappa shape index (κ2) is 8.14. The number of carbonyl (C=O) groups is 3. The number of hydrogen-bond donors (Lipinski definition) is 3. The summed E-state index contributed by atoms with van der Waals surface area (Å²) in [7, 11) is 0. The quantitative estimate of drug-likeness (QED) is 0.646. The first-order chi connectivity index (χ1) is 10.3. The molecule has 7 heteroatoms. The van der Waals surface area contributed by atoms with Crippen molar-refractivity contribution in [1.82, 2.24) is 5.32 Å². The molecular weight excluding hydrogens is 290 g/mol. The Kier molecular flexibility index (Phi) is 6.52. The third kappa shape index (κ3) is 5.17. The van der Waals surface area contributed by atoms with Gasteiger partial charge in [0.2, 0.25) is 6.10 Å². The van der Waals surface area contributed by atoms with Crippen molar-refractivity contribution < 1.29 is 29.3 Å². The smallest absolute Gasteiger partial charge is 0.408 e. The Hall–Kier alpha value is -2.41. The zero-order chi connectivity index (χ0) is 16.7. The maximum absolute atomic E-state index is 11.8. The van der Waals surface area contributed by atoms with Gasteiger partial charge in [0.1, 0.15) is 6.61 Å². The van der Waals surface area contributed by atoms with Gasteiger partial charge >= 0.3 is 12.1 Å². The molecule has 1 aromatic carbocycles. The fraction of sp³-hybridized carbons (Fsp3) is 0.400. The van der Waals surface area contributed by atoms with Crippen LogP contribution in [0.2, 0.25) is 0 Å². The van der Waals surface area contributed by atoms with E-state index in [1.54, 1.807) is 38.1 Å². The van der Waals surface area contributed by atoms with Gasteiger partial charge in [-0.3, -0.25) is 4.79 Å². The van der Waals surface area contributed by atoms with Gasteiger partial charge in [-0.1, -0.05) is 44.2 Å². The maximum Gasteiger partial charge on any atom is 0.408 e. The zero-order valence-corrected chi connectivity index (χ0v) is 12.4. The molecule has 2 atom stereocenters. The highest BCUT2D eigenvalue weighted by Crippen LogP contribution is 2.07. The van der Waals surface area contributed by atoms with E-state index in [0.29, 0.717) is 0 Å². The molecule has 1 aromatic rings. The van der Waals surface area contributed by atoms with Gasteiger partial charge in [0, 0.05) is 0 Å². The van der Waals surface area contributed by atoms with E-state index < -0.39 is 35.9 Å². The molecule has 0 radical (unpaired) electrons. The number of amides is 1. The standard InChI is InChI=1S/C15H19NO6/c1-9(2)11(12(17)13(18)14(19)20)16-15(21)22-8-10-6-4-3-5-7-10/h3-7,9,11,13,18H,8H2,1-2H3,(H,16,21)(H,19,20)/t11-,13?/m1/s1. The van der Waals surface area contributed by atoms with Gasteiger partial charge < -0.3 is 20.3 Å². The number of aliphatic carboxylic acids is 1. The number of benzene rings is 1. The third-order valence-corrected chi connectivity index (χ3v) is 2.96. The Morgan fingerprint density at radius 3 is 2.27 bits per heavy atom. The van der Waals surface area contributed by atoms with E-state index in [2.05, 4.69) is 5.32 Å². The number of aliphatic hydroxyl groups excluding tert-OH is 1. The average molecular weight is 309 g/mol. The molecule has 0 heterocycles. The van der Waals surface area contributed by atoms with Gasteiger partial charge in [0.15, 0.2) is 5.78 Å². The van der Waals surface area contributed by atoms with E-state index >= 15 is 0 Å². The van der Waals surface area contributed by atoms with Crippen LogP contribution in [0.5, 0.6) is 0 Å². The van der Waals surface area contributed by atoms with Crippen LogP contribution in [-0.2, 0) is 20.9 Å². The van der Waals surface area contributed by atoms with Crippen LogP contribution in [0, 0.1) is 5.92 Å². The zero-order valence-electron chi connectivity index (χ0n) is 12.4. The lowest BCUT2D eigenvalue weighted by atomic mass is 9.96. The van der Waals surface area contributed by atoms with Gasteiger partial charge in [0.25, 0.3) is 0 Å². The van der Waals surface area contributed by atoms with Crippen molar-refractivity contribution in [1.29, 1.82) is 0 Å². The lowest BCUT2D eigenvalue weighted by molar-refractivity contribution is -0.153. The lowest BCUT2D eigenvalue weighted by Crippen LogP contribution is -2.50. The van der Waals surface area contributed by atoms with Gasteiger partial charge in [0.05, 0.1) is 6.04 Å². The summed E-state index contributed by atoms with van der Waals surface area (Å²) in [5.74, 6) is -3.04. The first-order valence-corrected chi connectivity index (χ1v) is 6.74. The molecule has 1 rings (SSSR count). The Labute approximate surface area is 127 Å². The first-order valence-electron chi connectivity index (χ1n) is 6.74. The Morgan fingerprint density at radius 2 is 1.77 bits per heavy atom. The topological polar surface area (TPSA) is 113 Å². The third-order valence-electron chi connectivity index (χ3n) is 2.96. The molecule has 0 aliphatic carbocycles. The molecule has 0 aliphatic rings. The van der Waals surface area contributed by atoms with Gasteiger partial charge in [-0.25, -0.2) is 9.59 Å². The van der Waals surface area contributed by atoms with Crippen molar-refractivity contribution in [2.24, 2.45) is 5.92 Å². The SMILES string of the molecule is CC(C)[C@@H](NC(=O)OCc1ccccc1)C(=O)C(O)C(=O)O. The van der Waals surface area contributed by atoms with E-state index in [1.165, 1.54) is 0 Å². The Bertz CT molecular complexity index is 528. The van der Waals surface area contributed by atoms with E-state index in [1.807, 2.05) is 6.07 Å². The second-order valence-corrected chi connectivity index (χ2v) is 5.07. The predicted molar refractivity (Wildman–Crippen MR) is 77.0 cm³/mol. The fourth-order valence-corrected chi connectivity index (χ4v) is 1.75. The van der Waals surface area contributed by atoms with Gasteiger partial charge in [-0.2, -0.15) is 0 Å². The van der Waals surface area contributed by atoms with E-state index in [4.69, 9.17) is 9.84 Å². The number of hydrogen-bond acceptors (Lipinski definition) is 5. The Balaban J connectivity index is 2.61. The summed E-state index contributed by atoms with van der Waals surface area (Å²) in [5.41, 5.74) is 0.774. The first kappa shape index (κ1) is 17.6. The van der Waals surface area contributed by atoms with Crippen LogP contribution in [-0.4, -0.2) is 40.2 Å². The molecule has 7 nitrogen and oxygen atoms in total. The number of nitrogens with one attached hydrogen (secondary N) is 1. The van der Waals surface area contributed by atoms with Crippen LogP contribution < -0.4 is 5.32 Å². The molecule has 3 N–H and O–H groups in total. The minimum absolute atomic E-state index is 0.0210. The summed E-state index contributed by atoms with van der Waals surface area (Å²) < 4.78 is 4.97. The molecule has 22 heavy (non-hydrogen) atoms. The molecule has 1 unspecified atom stereocenters. The summed E-state index contributed by atoms with van der Waals surface area (Å²) in [6.45, 7) is 3.26. The lowest BCUT2D eigenvalue weighted by Gasteiger charge is -2.22. The van der Waals surface area contributed by atoms with Crippen molar-refractivity contribution in [3.8, 4) is 0 Å². The predicted octanol–water partition coefficient (Wildman–Crippen LogP) is 0.952. The van der Waals surface area contributed by atoms with Gasteiger partial charge in [-0.15, -0.1) is 0 Å². The summed E-state index contributed by atoms with van der Waals surface area (Å²) >= 11 is 0. The number of ketones is 1. The number of ether oxygens (including phenoxy) is 1. The highest BCUT2D eigenvalue weighted by Gasteiger charge is 2.33. The molecule has 0 aliphatic heterocycles. The molecule has 1 amide bonds. The number of carboxylic acids is 1. The van der Waals surface area contributed by atoms with E-state index in [0.717, 1.165) is 5.56 Å². The molecule has 0 aromatic heterocycles. The molecule has 120 valence electrons. The minimum atomic E-state index is -2.18. The number of carboxylic acid groups (broad SMARTS) is 1. The molecule has 0 saturated heterocycles. The van der Waals surface area contributed by atoms with E-state index in [-0.39, 0.29) is 6.61 Å². The molecule has 0 spiro atoms. The number of aliphatic hydroxyl groups is 1. The van der Waals surface area contributed by atoms with Crippen molar-refractivity contribution in [3.63, 3.8) is 0 Å². The van der Waals surface area contributed by atoms with Crippen molar-refractivity contribution in [3.05, 3.63) is 35.9 Å². The second-order valence-electron chi connectivity index (χ2n) is 5.07. The van der Waals surface area contributed by atoms with Crippen LogP contribution in [0.15, 0.2) is 30.3 Å². The molecular formula is C15H19NO6. The molecule has 0 fully saturated rings. The van der Waals surface area contributed by atoms with Gasteiger partial charge in [-0.05, 0) is 11.5 Å². The van der Waals surface area contributed by atoms with Crippen LogP contribution in [0.4, 0.5) is 4.79 Å². The number of alkyl carbamates (subject to hydrolysis) is 1. The minimum Gasteiger partial charge on any atom is -0.479 e. The molecule has 0 bridgehead atoms. The van der Waals surface area contributed by atoms with Crippen LogP contribution in [0.3, 0.4) is 0 Å². The summed E-state index contributed by atoms with van der Waals surface area (Å²) in [5, 5.41) is 20.2. The number of carbonyl (C=O) groups excluding carboxylic acids is 2. The fourth-order valence-electron chi connectivity index (χ4n) is 1.75. The summed E-state index contributed by atoms with van der Waals surface area (Å²) in [6.07, 6.45) is -3.03. The highest BCUT2D eigenvalue weighted by molar-refractivity contribution is 6.04. The van der Waals surface area contributed by atoms with Crippen molar-refractivity contribution in [2.75, 3.05) is 0 Å². The van der Waals surface area contributed by atoms with Crippen LogP contribution >= 0.6 is 0 Å². The monoisotopic (exact) mass is 309 g/mol. The van der Waals surface area contributed by atoms with Crippen molar-refractivity contribution >= 4 is 17.8 Å². The maximum atomic E-state index is 11.8. The van der Waals surface area contributed by atoms with Crippen LogP contribution in [0.25, 0.3) is 0 Å². The highest BCUT2D eigenvalue weighted by atomic mass is 16.5. The summed E-state index contributed by atoms with van der Waals surface area (Å²) in [4.78, 5) is 34.2. The average Bonchev–Trinajstić information content (AvgIpc) is 2.49. The van der Waals surface area contributed by atoms with Crippen LogP contribution in [0.1, 0.15) is 19.4 Å². The molecule has 0 saturated carbocycles.